The monoisotopic (exact) mass is 369 g/mol. The van der Waals surface area contributed by atoms with Crippen molar-refractivity contribution >= 4 is 40.5 Å². The zero-order valence-electron chi connectivity index (χ0n) is 10.4. The summed E-state index contributed by atoms with van der Waals surface area (Å²) in [5, 5.41) is 10.8. The van der Waals surface area contributed by atoms with Gasteiger partial charge >= 0.3 is 6.18 Å². The van der Waals surface area contributed by atoms with Crippen LogP contribution in [-0.2, 0) is 6.18 Å². The molecular weight excluding hydrogens is 366 g/mol. The highest BCUT2D eigenvalue weighted by Crippen LogP contribution is 2.44. The number of nitro groups is 1. The van der Waals surface area contributed by atoms with E-state index in [0.29, 0.717) is 0 Å². The van der Waals surface area contributed by atoms with Gasteiger partial charge in [-0.1, -0.05) is 40.9 Å². The van der Waals surface area contributed by atoms with Crippen LogP contribution in [-0.4, -0.2) is 4.92 Å². The van der Waals surface area contributed by atoms with Gasteiger partial charge < -0.3 is 0 Å². The summed E-state index contributed by atoms with van der Waals surface area (Å²) >= 11 is 17.3. The fourth-order valence-electron chi connectivity index (χ4n) is 1.93. The van der Waals surface area contributed by atoms with Gasteiger partial charge in [0, 0.05) is 6.07 Å². The number of nitro benzene ring substituents is 1. The standard InChI is InChI=1S/C13H5Cl3F3NO2/c14-8-4-6(5-9(15)12(8)16)11-7(13(17,18)19)2-1-3-10(11)20(21)22/h1-5H. The largest absolute Gasteiger partial charge is 0.417 e. The van der Waals surface area contributed by atoms with Crippen molar-refractivity contribution in [3.8, 4) is 11.1 Å². The third-order valence-corrected chi connectivity index (χ3v) is 4.01. The number of hydrogen-bond donors (Lipinski definition) is 0. The lowest BCUT2D eigenvalue weighted by molar-refractivity contribution is -0.384. The molecule has 116 valence electrons. The van der Waals surface area contributed by atoms with Crippen molar-refractivity contribution in [3.63, 3.8) is 0 Å². The van der Waals surface area contributed by atoms with Gasteiger partial charge in [0.05, 0.1) is 31.1 Å². The fourth-order valence-corrected chi connectivity index (χ4v) is 2.53. The lowest BCUT2D eigenvalue weighted by atomic mass is 9.97. The second kappa shape index (κ2) is 5.95. The maximum atomic E-state index is 13.1. The molecule has 2 aromatic carbocycles. The second-order valence-corrected chi connectivity index (χ2v) is 5.40. The fraction of sp³-hybridized carbons (Fsp3) is 0.0769. The van der Waals surface area contributed by atoms with Gasteiger partial charge in [-0.25, -0.2) is 0 Å². The zero-order chi connectivity index (χ0) is 16.7. The summed E-state index contributed by atoms with van der Waals surface area (Å²) in [6, 6.07) is 4.89. The first-order valence-electron chi connectivity index (χ1n) is 5.62. The molecule has 3 nitrogen and oxygen atoms in total. The Bertz CT molecular complexity index is 740. The van der Waals surface area contributed by atoms with Crippen LogP contribution in [0.4, 0.5) is 18.9 Å². The van der Waals surface area contributed by atoms with Crippen molar-refractivity contribution in [1.82, 2.24) is 0 Å². The van der Waals surface area contributed by atoms with E-state index in [2.05, 4.69) is 0 Å². The molecule has 0 aliphatic heterocycles. The molecule has 2 rings (SSSR count). The molecule has 0 spiro atoms. The van der Waals surface area contributed by atoms with Crippen LogP contribution < -0.4 is 0 Å². The molecule has 9 heteroatoms. The van der Waals surface area contributed by atoms with Crippen molar-refractivity contribution in [1.29, 1.82) is 0 Å². The van der Waals surface area contributed by atoms with Crippen molar-refractivity contribution < 1.29 is 18.1 Å². The van der Waals surface area contributed by atoms with Crippen LogP contribution in [0.25, 0.3) is 11.1 Å². The van der Waals surface area contributed by atoms with E-state index in [-0.39, 0.29) is 20.6 Å². The first-order chi connectivity index (χ1) is 10.1. The Morgan fingerprint density at radius 2 is 1.59 bits per heavy atom. The third-order valence-electron chi connectivity index (χ3n) is 2.82. The summed E-state index contributed by atoms with van der Waals surface area (Å²) in [6.45, 7) is 0. The van der Waals surface area contributed by atoms with Gasteiger partial charge in [-0.15, -0.1) is 0 Å². The van der Waals surface area contributed by atoms with Crippen LogP contribution in [0.3, 0.4) is 0 Å². The number of nitrogens with zero attached hydrogens (tertiary/aromatic N) is 1. The SMILES string of the molecule is O=[N+]([O-])c1cccc(C(F)(F)F)c1-c1cc(Cl)c(Cl)c(Cl)c1. The molecule has 0 amide bonds. The number of alkyl halides is 3. The third kappa shape index (κ3) is 3.14. The summed E-state index contributed by atoms with van der Waals surface area (Å²) < 4.78 is 39.4. The molecule has 0 N–H and O–H groups in total. The molecule has 0 aliphatic carbocycles. The van der Waals surface area contributed by atoms with Crippen LogP contribution in [0.2, 0.25) is 15.1 Å². The molecule has 0 radical (unpaired) electrons. The highest BCUT2D eigenvalue weighted by Gasteiger charge is 2.37. The first kappa shape index (κ1) is 16.9. The van der Waals surface area contributed by atoms with Crippen LogP contribution in [0.15, 0.2) is 30.3 Å². The van der Waals surface area contributed by atoms with Crippen LogP contribution in [0.1, 0.15) is 5.56 Å². The number of hydrogen-bond acceptors (Lipinski definition) is 2. The molecule has 0 bridgehead atoms. The molecule has 2 aromatic rings. The summed E-state index contributed by atoms with van der Waals surface area (Å²) in [6.07, 6.45) is -4.78. The molecule has 22 heavy (non-hydrogen) atoms. The maximum Gasteiger partial charge on any atom is 0.417 e. The number of benzene rings is 2. The van der Waals surface area contributed by atoms with Crippen molar-refractivity contribution in [2.24, 2.45) is 0 Å². The smallest absolute Gasteiger partial charge is 0.258 e. The Balaban J connectivity index is 2.86. The molecule has 0 unspecified atom stereocenters. The van der Waals surface area contributed by atoms with E-state index in [9.17, 15) is 23.3 Å². The zero-order valence-corrected chi connectivity index (χ0v) is 12.7. The second-order valence-electron chi connectivity index (χ2n) is 4.21. The van der Waals surface area contributed by atoms with Crippen LogP contribution in [0, 0.1) is 10.1 Å². The van der Waals surface area contributed by atoms with Crippen LogP contribution >= 0.6 is 34.8 Å². The molecule has 0 heterocycles. The molecule has 0 saturated carbocycles. The number of halogens is 6. The maximum absolute atomic E-state index is 13.1. The molecule has 0 saturated heterocycles. The predicted molar refractivity (Wildman–Crippen MR) is 78.6 cm³/mol. The summed E-state index contributed by atoms with van der Waals surface area (Å²) in [5.74, 6) is 0. The normalized spacial score (nSPS) is 11.5. The minimum atomic E-state index is -4.78. The number of rotatable bonds is 2. The van der Waals surface area contributed by atoms with E-state index < -0.39 is 27.9 Å². The summed E-state index contributed by atoms with van der Waals surface area (Å²) in [4.78, 5) is 10.2. The van der Waals surface area contributed by atoms with Gasteiger partial charge in [-0.3, -0.25) is 10.1 Å². The van der Waals surface area contributed by atoms with Gasteiger partial charge in [0.15, 0.2) is 0 Å². The molecule has 0 aliphatic rings. The van der Waals surface area contributed by atoms with Gasteiger partial charge in [-0.05, 0) is 23.8 Å². The van der Waals surface area contributed by atoms with Gasteiger partial charge in [0.1, 0.15) is 0 Å². The van der Waals surface area contributed by atoms with Gasteiger partial charge in [0.2, 0.25) is 0 Å². The quantitative estimate of drug-likeness (QED) is 0.357. The Hall–Kier alpha value is -1.50. The average molecular weight is 371 g/mol. The van der Waals surface area contributed by atoms with E-state index in [1.807, 2.05) is 0 Å². The Labute approximate surface area is 137 Å². The molecule has 0 atom stereocenters. The summed E-state index contributed by atoms with van der Waals surface area (Å²) in [7, 11) is 0. The van der Waals surface area contributed by atoms with Crippen molar-refractivity contribution in [2.45, 2.75) is 6.18 Å². The van der Waals surface area contributed by atoms with Gasteiger partial charge in [-0.2, -0.15) is 13.2 Å². The Morgan fingerprint density at radius 3 is 2.05 bits per heavy atom. The lowest BCUT2D eigenvalue weighted by Crippen LogP contribution is -2.09. The highest BCUT2D eigenvalue weighted by molar-refractivity contribution is 6.48. The lowest BCUT2D eigenvalue weighted by Gasteiger charge is -2.14. The molecular formula is C13H5Cl3F3NO2. The van der Waals surface area contributed by atoms with Crippen molar-refractivity contribution in [3.05, 3.63) is 61.1 Å². The average Bonchev–Trinajstić information content (AvgIpc) is 2.42. The Kier molecular flexibility index (Phi) is 4.56. The summed E-state index contributed by atoms with van der Waals surface area (Å²) in [5.41, 5.74) is -2.61. The topological polar surface area (TPSA) is 43.1 Å². The van der Waals surface area contributed by atoms with Gasteiger partial charge in [0.25, 0.3) is 5.69 Å². The van der Waals surface area contributed by atoms with Crippen LogP contribution in [0.5, 0.6) is 0 Å². The highest BCUT2D eigenvalue weighted by atomic mass is 35.5. The minimum absolute atomic E-state index is 0.0424. The van der Waals surface area contributed by atoms with E-state index in [0.717, 1.165) is 30.3 Å². The van der Waals surface area contributed by atoms with E-state index in [4.69, 9.17) is 34.8 Å². The minimum Gasteiger partial charge on any atom is -0.258 e. The van der Waals surface area contributed by atoms with E-state index in [1.54, 1.807) is 0 Å². The van der Waals surface area contributed by atoms with Crippen molar-refractivity contribution in [2.75, 3.05) is 0 Å². The predicted octanol–water partition coefficient (Wildman–Crippen LogP) is 6.24. The van der Waals surface area contributed by atoms with E-state index in [1.165, 1.54) is 0 Å². The molecule has 0 fully saturated rings. The first-order valence-corrected chi connectivity index (χ1v) is 6.76. The molecule has 0 aromatic heterocycles. The van der Waals surface area contributed by atoms with E-state index >= 15 is 0 Å². The Morgan fingerprint density at radius 1 is 1.05 bits per heavy atom.